The van der Waals surface area contributed by atoms with Crippen LogP contribution in [0.2, 0.25) is 0 Å². The van der Waals surface area contributed by atoms with E-state index in [0.717, 1.165) is 28.4 Å². The van der Waals surface area contributed by atoms with Gasteiger partial charge in [-0.1, -0.05) is 23.1 Å². The number of carboxylic acids is 1. The summed E-state index contributed by atoms with van der Waals surface area (Å²) < 4.78 is 1.36. The number of carbonyl (C=O) groups is 1. The van der Waals surface area contributed by atoms with Crippen molar-refractivity contribution in [3.8, 4) is 0 Å². The lowest BCUT2D eigenvalue weighted by Gasteiger charge is -2.00. The standard InChI is InChI=1S/C9H6N4O4S3/c1-18-8-11-12-9(20-8)19-6-2-4(7(14)15)5(3-10-6)13(16)17/h2-3H,1H3,(H,14,15). The zero-order valence-electron chi connectivity index (χ0n) is 9.84. The fraction of sp³-hybridized carbons (Fsp3) is 0.111. The summed E-state index contributed by atoms with van der Waals surface area (Å²) in [6.07, 6.45) is 2.80. The van der Waals surface area contributed by atoms with Crippen molar-refractivity contribution >= 4 is 46.5 Å². The van der Waals surface area contributed by atoms with Crippen LogP contribution >= 0.6 is 34.9 Å². The van der Waals surface area contributed by atoms with Crippen LogP contribution < -0.4 is 0 Å². The van der Waals surface area contributed by atoms with Gasteiger partial charge in [0.1, 0.15) is 16.8 Å². The summed E-state index contributed by atoms with van der Waals surface area (Å²) in [5.41, 5.74) is -0.939. The predicted molar refractivity (Wildman–Crippen MR) is 73.7 cm³/mol. The van der Waals surface area contributed by atoms with Crippen molar-refractivity contribution in [2.45, 2.75) is 13.7 Å². The number of hydrogen-bond acceptors (Lipinski definition) is 9. The normalized spacial score (nSPS) is 10.4. The van der Waals surface area contributed by atoms with Crippen molar-refractivity contribution in [2.75, 3.05) is 6.26 Å². The molecule has 20 heavy (non-hydrogen) atoms. The molecule has 0 aliphatic heterocycles. The number of aromatic nitrogens is 3. The summed E-state index contributed by atoms with van der Waals surface area (Å²) >= 11 is 3.89. The molecule has 0 amide bonds. The minimum atomic E-state index is -1.37. The van der Waals surface area contributed by atoms with Gasteiger partial charge in [-0.25, -0.2) is 9.78 Å². The highest BCUT2D eigenvalue weighted by Gasteiger charge is 2.21. The highest BCUT2D eigenvalue weighted by molar-refractivity contribution is 8.02. The van der Waals surface area contributed by atoms with Gasteiger partial charge in [0.05, 0.1) is 4.92 Å². The Hall–Kier alpha value is -1.72. The number of hydrogen-bond donors (Lipinski definition) is 1. The van der Waals surface area contributed by atoms with Crippen LogP contribution in [0.5, 0.6) is 0 Å². The lowest BCUT2D eigenvalue weighted by Crippen LogP contribution is -2.03. The summed E-state index contributed by atoms with van der Waals surface area (Å²) in [5, 5.41) is 27.8. The molecule has 0 saturated heterocycles. The lowest BCUT2D eigenvalue weighted by molar-refractivity contribution is -0.385. The van der Waals surface area contributed by atoms with Crippen molar-refractivity contribution in [3.05, 3.63) is 27.9 Å². The third-order valence-corrected chi connectivity index (χ3v) is 4.92. The van der Waals surface area contributed by atoms with E-state index in [4.69, 9.17) is 5.11 Å². The van der Waals surface area contributed by atoms with Crippen molar-refractivity contribution in [2.24, 2.45) is 0 Å². The third-order valence-electron chi connectivity index (χ3n) is 2.04. The molecule has 2 heterocycles. The van der Waals surface area contributed by atoms with Crippen LogP contribution in [0.4, 0.5) is 5.69 Å². The molecule has 11 heteroatoms. The van der Waals surface area contributed by atoms with Crippen LogP contribution in [0.25, 0.3) is 0 Å². The molecule has 0 aliphatic rings. The zero-order valence-corrected chi connectivity index (χ0v) is 12.3. The Labute approximate surface area is 124 Å². The van der Waals surface area contributed by atoms with Crippen molar-refractivity contribution in [1.82, 2.24) is 15.2 Å². The van der Waals surface area contributed by atoms with Crippen LogP contribution in [-0.2, 0) is 0 Å². The van der Waals surface area contributed by atoms with Gasteiger partial charge in [0.15, 0.2) is 8.68 Å². The molecule has 0 radical (unpaired) electrons. The van der Waals surface area contributed by atoms with Crippen LogP contribution in [0, 0.1) is 10.1 Å². The zero-order chi connectivity index (χ0) is 14.7. The van der Waals surface area contributed by atoms with E-state index in [-0.39, 0.29) is 0 Å². The first-order chi connectivity index (χ1) is 9.51. The summed E-state index contributed by atoms with van der Waals surface area (Å²) in [5.74, 6) is -1.37. The first kappa shape index (κ1) is 14.7. The van der Waals surface area contributed by atoms with Crippen LogP contribution in [0.15, 0.2) is 26.0 Å². The highest BCUT2D eigenvalue weighted by Crippen LogP contribution is 2.33. The average molecular weight is 330 g/mol. The van der Waals surface area contributed by atoms with Crippen molar-refractivity contribution < 1.29 is 14.8 Å². The summed E-state index contributed by atoms with van der Waals surface area (Å²) in [7, 11) is 0. The van der Waals surface area contributed by atoms with E-state index in [1.165, 1.54) is 23.1 Å². The Morgan fingerprint density at radius 3 is 2.70 bits per heavy atom. The van der Waals surface area contributed by atoms with E-state index in [0.29, 0.717) is 9.37 Å². The van der Waals surface area contributed by atoms with E-state index < -0.39 is 22.1 Å². The molecule has 0 spiro atoms. The van der Waals surface area contributed by atoms with E-state index in [2.05, 4.69) is 15.2 Å². The fourth-order valence-corrected chi connectivity index (χ4v) is 3.58. The van der Waals surface area contributed by atoms with Gasteiger partial charge in [-0.2, -0.15) is 0 Å². The minimum absolute atomic E-state index is 0.316. The molecule has 0 aromatic carbocycles. The molecule has 0 aliphatic carbocycles. The van der Waals surface area contributed by atoms with Gasteiger partial charge in [0.25, 0.3) is 0 Å². The third kappa shape index (κ3) is 3.23. The van der Waals surface area contributed by atoms with E-state index >= 15 is 0 Å². The Kier molecular flexibility index (Phi) is 4.52. The second kappa shape index (κ2) is 6.15. The van der Waals surface area contributed by atoms with Crippen molar-refractivity contribution in [1.29, 1.82) is 0 Å². The molecule has 0 bridgehead atoms. The molecule has 1 N–H and O–H groups in total. The second-order valence-electron chi connectivity index (χ2n) is 3.24. The van der Waals surface area contributed by atoms with Gasteiger partial charge in [0.2, 0.25) is 0 Å². The minimum Gasteiger partial charge on any atom is -0.477 e. The second-order valence-corrected chi connectivity index (χ2v) is 6.54. The molecule has 0 saturated carbocycles. The molecule has 0 fully saturated rings. The highest BCUT2D eigenvalue weighted by atomic mass is 32.2. The number of rotatable bonds is 5. The molecule has 2 aromatic rings. The molecule has 2 rings (SSSR count). The van der Waals surface area contributed by atoms with E-state index in [1.807, 2.05) is 6.26 Å². The number of nitrogens with zero attached hydrogens (tertiary/aromatic N) is 4. The maximum atomic E-state index is 11.0. The Morgan fingerprint density at radius 1 is 1.45 bits per heavy atom. The fourth-order valence-electron chi connectivity index (χ4n) is 1.21. The molecular weight excluding hydrogens is 324 g/mol. The van der Waals surface area contributed by atoms with Gasteiger partial charge in [0, 0.05) is 0 Å². The van der Waals surface area contributed by atoms with Crippen LogP contribution in [0.1, 0.15) is 10.4 Å². The summed E-state index contributed by atoms with van der Waals surface area (Å²) in [4.78, 5) is 24.8. The quantitative estimate of drug-likeness (QED) is 0.500. The lowest BCUT2D eigenvalue weighted by atomic mass is 10.2. The molecule has 0 atom stereocenters. The SMILES string of the molecule is CSc1nnc(Sc2cc(C(=O)O)c([N+](=O)[O-])cn2)s1. The number of thioether (sulfide) groups is 1. The Bertz CT molecular complexity index is 675. The smallest absolute Gasteiger partial charge is 0.342 e. The average Bonchev–Trinajstić information content (AvgIpc) is 2.86. The van der Waals surface area contributed by atoms with E-state index in [9.17, 15) is 14.9 Å². The number of pyridine rings is 1. The van der Waals surface area contributed by atoms with Crippen LogP contribution in [0.3, 0.4) is 0 Å². The first-order valence-corrected chi connectivity index (χ1v) is 7.80. The molecule has 0 unspecified atom stereocenters. The molecular formula is C9H6N4O4S3. The molecule has 104 valence electrons. The topological polar surface area (TPSA) is 119 Å². The van der Waals surface area contributed by atoms with Gasteiger partial charge < -0.3 is 5.11 Å². The largest absolute Gasteiger partial charge is 0.477 e. The predicted octanol–water partition coefficient (Wildman–Crippen LogP) is 2.41. The number of carboxylic acid groups (broad SMARTS) is 1. The first-order valence-electron chi connectivity index (χ1n) is 4.94. The number of nitro groups is 1. The Morgan fingerprint density at radius 2 is 2.15 bits per heavy atom. The maximum Gasteiger partial charge on any atom is 0.342 e. The van der Waals surface area contributed by atoms with Gasteiger partial charge in [-0.3, -0.25) is 10.1 Å². The maximum absolute atomic E-state index is 11.0. The van der Waals surface area contributed by atoms with E-state index in [1.54, 1.807) is 0 Å². The van der Waals surface area contributed by atoms with Gasteiger partial charge in [-0.15, -0.1) is 10.2 Å². The monoisotopic (exact) mass is 330 g/mol. The molecule has 2 aromatic heterocycles. The molecule has 8 nitrogen and oxygen atoms in total. The van der Waals surface area contributed by atoms with Gasteiger partial charge in [-0.05, 0) is 24.1 Å². The van der Waals surface area contributed by atoms with Crippen LogP contribution in [-0.4, -0.2) is 37.4 Å². The summed E-state index contributed by atoms with van der Waals surface area (Å²) in [6.45, 7) is 0. The van der Waals surface area contributed by atoms with Gasteiger partial charge >= 0.3 is 11.7 Å². The Balaban J connectivity index is 2.31. The van der Waals surface area contributed by atoms with Crippen molar-refractivity contribution in [3.63, 3.8) is 0 Å². The number of aromatic carboxylic acids is 1. The summed E-state index contributed by atoms with van der Waals surface area (Å²) in [6, 6.07) is 1.16.